The van der Waals surface area contributed by atoms with Gasteiger partial charge in [-0.1, -0.05) is 48.5 Å². The lowest BCUT2D eigenvalue weighted by Crippen LogP contribution is -2.42. The van der Waals surface area contributed by atoms with Crippen LogP contribution < -0.4 is 10.6 Å². The summed E-state index contributed by atoms with van der Waals surface area (Å²) < 4.78 is 6.69. The van der Waals surface area contributed by atoms with Gasteiger partial charge in [0.1, 0.15) is 18.3 Å². The first-order valence-corrected chi connectivity index (χ1v) is 10.7. The number of rotatable bonds is 8. The summed E-state index contributed by atoms with van der Waals surface area (Å²) >= 11 is 0. The van der Waals surface area contributed by atoms with Crippen molar-refractivity contribution in [3.05, 3.63) is 71.4 Å². The van der Waals surface area contributed by atoms with E-state index < -0.39 is 30.6 Å². The number of anilines is 1. The van der Waals surface area contributed by atoms with E-state index in [4.69, 9.17) is 14.9 Å². The largest absolute Gasteiger partial charge is 0.480 e. The number of carbonyl (C=O) groups excluding carboxylic acids is 2. The number of benzene rings is 2. The zero-order valence-electron chi connectivity index (χ0n) is 18.4. The van der Waals surface area contributed by atoms with Gasteiger partial charge in [0.05, 0.1) is 0 Å². The van der Waals surface area contributed by atoms with Gasteiger partial charge in [0.25, 0.3) is 5.91 Å². The number of hydrogen-bond acceptors (Lipinski definition) is 6. The predicted molar refractivity (Wildman–Crippen MR) is 122 cm³/mol. The molecule has 2 amide bonds. The molecule has 10 nitrogen and oxygen atoms in total. The summed E-state index contributed by atoms with van der Waals surface area (Å²) in [6.07, 6.45) is -0.861. The Hall–Kier alpha value is -4.18. The lowest BCUT2D eigenvalue weighted by atomic mass is 9.98. The molecule has 1 heterocycles. The van der Waals surface area contributed by atoms with Crippen LogP contribution in [-0.2, 0) is 16.6 Å². The molecule has 0 spiro atoms. The molecule has 3 aromatic rings. The van der Waals surface area contributed by atoms with Gasteiger partial charge in [-0.25, -0.2) is 9.59 Å². The maximum Gasteiger partial charge on any atom is 0.412 e. The van der Waals surface area contributed by atoms with Crippen molar-refractivity contribution < 1.29 is 29.3 Å². The number of aliphatic hydroxyl groups excluding tert-OH is 1. The van der Waals surface area contributed by atoms with E-state index in [2.05, 4.69) is 15.7 Å². The van der Waals surface area contributed by atoms with Crippen molar-refractivity contribution in [3.63, 3.8) is 0 Å². The molecular formula is C24H24N4O6. The van der Waals surface area contributed by atoms with E-state index in [9.17, 15) is 14.4 Å². The second-order valence-corrected chi connectivity index (χ2v) is 7.87. The lowest BCUT2D eigenvalue weighted by Gasteiger charge is -2.14. The number of aryl methyl sites for hydroxylation is 1. The molecule has 34 heavy (non-hydrogen) atoms. The van der Waals surface area contributed by atoms with Gasteiger partial charge in [0.2, 0.25) is 0 Å². The molecule has 176 valence electrons. The average Bonchev–Trinajstić information content (AvgIpc) is 3.34. The molecule has 10 heteroatoms. The van der Waals surface area contributed by atoms with Crippen LogP contribution in [0.25, 0.3) is 11.1 Å². The zero-order valence-corrected chi connectivity index (χ0v) is 18.4. The van der Waals surface area contributed by atoms with Gasteiger partial charge in [-0.15, -0.1) is 0 Å². The van der Waals surface area contributed by atoms with Crippen molar-refractivity contribution in [1.29, 1.82) is 0 Å². The number of hydrogen-bond donors (Lipinski definition) is 4. The molecule has 4 N–H and O–H groups in total. The summed E-state index contributed by atoms with van der Waals surface area (Å²) in [5, 5.41) is 27.0. The van der Waals surface area contributed by atoms with Gasteiger partial charge in [-0.2, -0.15) is 5.10 Å². The van der Waals surface area contributed by atoms with Crippen LogP contribution in [0.15, 0.2) is 54.6 Å². The number of ether oxygens (including phenoxy) is 1. The first-order chi connectivity index (χ1) is 16.4. The molecule has 0 fully saturated rings. The van der Waals surface area contributed by atoms with Crippen LogP contribution >= 0.6 is 0 Å². The van der Waals surface area contributed by atoms with Crippen LogP contribution in [-0.4, -0.2) is 57.2 Å². The van der Waals surface area contributed by atoms with E-state index in [1.54, 1.807) is 0 Å². The predicted octanol–water partition coefficient (Wildman–Crippen LogP) is 2.35. The monoisotopic (exact) mass is 464 g/mol. The summed E-state index contributed by atoms with van der Waals surface area (Å²) in [4.78, 5) is 36.1. The Morgan fingerprint density at radius 2 is 1.71 bits per heavy atom. The molecule has 1 aliphatic carbocycles. The second-order valence-electron chi connectivity index (χ2n) is 7.87. The van der Waals surface area contributed by atoms with E-state index in [1.807, 2.05) is 48.5 Å². The summed E-state index contributed by atoms with van der Waals surface area (Å²) in [5.41, 5.74) is 4.45. The highest BCUT2D eigenvalue weighted by atomic mass is 16.5. The number of aromatic nitrogens is 2. The third kappa shape index (κ3) is 4.62. The number of nitrogens with zero attached hydrogens (tertiary/aromatic N) is 2. The topological polar surface area (TPSA) is 143 Å². The van der Waals surface area contributed by atoms with Gasteiger partial charge < -0.3 is 20.3 Å². The fourth-order valence-corrected chi connectivity index (χ4v) is 4.10. The van der Waals surface area contributed by atoms with E-state index in [0.717, 1.165) is 22.3 Å². The number of carbonyl (C=O) groups is 3. The molecule has 0 saturated heterocycles. The summed E-state index contributed by atoms with van der Waals surface area (Å²) in [6, 6.07) is 16.1. The van der Waals surface area contributed by atoms with Crippen molar-refractivity contribution in [3.8, 4) is 11.1 Å². The number of nitrogens with one attached hydrogen (secondary N) is 2. The SMILES string of the molecule is Cn1nc(NC(=O)OCC2c3ccccc3-c3ccccc32)cc1C(=O)N[C@@H](CCO)C(=O)O. The molecule has 0 bridgehead atoms. The number of aliphatic carboxylic acids is 1. The summed E-state index contributed by atoms with van der Waals surface area (Å²) in [5.74, 6) is -1.97. The van der Waals surface area contributed by atoms with Crippen molar-refractivity contribution in [2.75, 3.05) is 18.5 Å². The molecule has 0 saturated carbocycles. The quantitative estimate of drug-likeness (QED) is 0.401. The van der Waals surface area contributed by atoms with Gasteiger partial charge >= 0.3 is 12.1 Å². The molecule has 1 aliphatic rings. The Labute approximate surface area is 195 Å². The van der Waals surface area contributed by atoms with Crippen molar-refractivity contribution in [2.45, 2.75) is 18.4 Å². The Morgan fingerprint density at radius 1 is 1.09 bits per heavy atom. The number of amides is 2. The van der Waals surface area contributed by atoms with E-state index in [1.165, 1.54) is 17.8 Å². The van der Waals surface area contributed by atoms with E-state index >= 15 is 0 Å². The lowest BCUT2D eigenvalue weighted by molar-refractivity contribution is -0.139. The average molecular weight is 464 g/mol. The van der Waals surface area contributed by atoms with Crippen LogP contribution in [0.2, 0.25) is 0 Å². The molecule has 4 rings (SSSR count). The van der Waals surface area contributed by atoms with Gasteiger partial charge in [0.15, 0.2) is 5.82 Å². The highest BCUT2D eigenvalue weighted by molar-refractivity contribution is 5.96. The number of fused-ring (bicyclic) bond motifs is 3. The van der Waals surface area contributed by atoms with Crippen molar-refractivity contribution >= 4 is 23.8 Å². The van der Waals surface area contributed by atoms with E-state index in [0.29, 0.717) is 0 Å². The second kappa shape index (κ2) is 9.75. The van der Waals surface area contributed by atoms with Crippen LogP contribution in [0.3, 0.4) is 0 Å². The minimum atomic E-state index is -1.26. The summed E-state index contributed by atoms with van der Waals surface area (Å²) in [6.45, 7) is -0.265. The van der Waals surface area contributed by atoms with Gasteiger partial charge in [-0.05, 0) is 22.3 Å². The fraction of sp³-hybridized carbons (Fsp3) is 0.250. The molecule has 0 unspecified atom stereocenters. The van der Waals surface area contributed by atoms with Crippen molar-refractivity contribution in [1.82, 2.24) is 15.1 Å². The van der Waals surface area contributed by atoms with Crippen LogP contribution in [0.5, 0.6) is 0 Å². The third-order valence-electron chi connectivity index (χ3n) is 5.71. The molecule has 1 aromatic heterocycles. The molecule has 1 atom stereocenters. The Morgan fingerprint density at radius 3 is 2.29 bits per heavy atom. The zero-order chi connectivity index (χ0) is 24.2. The van der Waals surface area contributed by atoms with Gasteiger partial charge in [0, 0.05) is 32.1 Å². The van der Waals surface area contributed by atoms with Crippen LogP contribution in [0.4, 0.5) is 10.6 Å². The minimum absolute atomic E-state index is 0.0399. The van der Waals surface area contributed by atoms with Crippen LogP contribution in [0, 0.1) is 0 Å². The minimum Gasteiger partial charge on any atom is -0.480 e. The summed E-state index contributed by atoms with van der Waals surface area (Å²) in [7, 11) is 1.49. The first-order valence-electron chi connectivity index (χ1n) is 10.7. The number of aliphatic hydroxyl groups is 1. The number of carboxylic acid groups (broad SMARTS) is 1. The highest BCUT2D eigenvalue weighted by Gasteiger charge is 2.29. The molecule has 2 aromatic carbocycles. The maximum atomic E-state index is 12.4. The Bertz CT molecular complexity index is 1190. The van der Waals surface area contributed by atoms with Crippen molar-refractivity contribution in [2.24, 2.45) is 7.05 Å². The standard InChI is InChI=1S/C24H24N4O6/c1-28-20(22(30)25-19(10-11-29)23(31)32)12-21(27-28)26-24(33)34-13-18-16-8-4-2-6-14(16)15-7-3-5-9-17(15)18/h2-9,12,18-19,29H,10-11,13H2,1H3,(H,25,30)(H,31,32)(H,26,27,33)/t19-/m0/s1. The Kier molecular flexibility index (Phi) is 6.60. The smallest absolute Gasteiger partial charge is 0.412 e. The third-order valence-corrected chi connectivity index (χ3v) is 5.71. The van der Waals surface area contributed by atoms with E-state index in [-0.39, 0.29) is 30.5 Å². The number of carboxylic acids is 1. The normalized spacial score (nSPS) is 13.0. The molecule has 0 radical (unpaired) electrons. The maximum absolute atomic E-state index is 12.4. The van der Waals surface area contributed by atoms with Gasteiger partial charge in [-0.3, -0.25) is 14.8 Å². The first kappa shape index (κ1) is 23.0. The molecular weight excluding hydrogens is 440 g/mol. The Balaban J connectivity index is 1.40. The fourth-order valence-electron chi connectivity index (χ4n) is 4.10. The molecule has 0 aliphatic heterocycles. The highest BCUT2D eigenvalue weighted by Crippen LogP contribution is 2.44. The van der Waals surface area contributed by atoms with Crippen LogP contribution in [0.1, 0.15) is 34.0 Å².